The van der Waals surface area contributed by atoms with Gasteiger partial charge in [0, 0.05) is 13.1 Å². The van der Waals surface area contributed by atoms with Gasteiger partial charge in [-0.05, 0) is 12.1 Å². The smallest absolute Gasteiger partial charge is 0.321 e. The van der Waals surface area contributed by atoms with Crippen LogP contribution in [0.25, 0.3) is 11.0 Å². The molecule has 4 rings (SSSR count). The molecule has 28 heavy (non-hydrogen) atoms. The molecule has 3 heterocycles. The molecule has 0 saturated carbocycles. The quantitative estimate of drug-likeness (QED) is 0.678. The Morgan fingerprint density at radius 2 is 1.93 bits per heavy atom. The standard InChI is InChI=1S/C18H19N7O3/c1-27-18-23-15(22-17(24-18)25-6-8-28-9-7-25)11-20-16(26)14-10-19-12-4-2-3-5-13(12)21-14/h2-5,10H,6-9,11H2,1H3,(H,20,26). The molecule has 0 atom stereocenters. The zero-order chi connectivity index (χ0) is 19.3. The maximum absolute atomic E-state index is 12.5. The molecule has 1 aromatic carbocycles. The maximum Gasteiger partial charge on any atom is 0.321 e. The lowest BCUT2D eigenvalue weighted by Crippen LogP contribution is -2.37. The molecule has 0 radical (unpaired) electrons. The summed E-state index contributed by atoms with van der Waals surface area (Å²) in [5, 5.41) is 2.77. The topological polar surface area (TPSA) is 115 Å². The molecule has 144 valence electrons. The number of methoxy groups -OCH3 is 1. The molecule has 1 aliphatic rings. The third kappa shape index (κ3) is 3.96. The number of nitrogens with zero attached hydrogens (tertiary/aromatic N) is 6. The van der Waals surface area contributed by atoms with E-state index in [9.17, 15) is 4.79 Å². The molecule has 1 N–H and O–H groups in total. The van der Waals surface area contributed by atoms with Crippen LogP contribution in [0.3, 0.4) is 0 Å². The summed E-state index contributed by atoms with van der Waals surface area (Å²) in [6.07, 6.45) is 1.45. The van der Waals surface area contributed by atoms with Gasteiger partial charge in [-0.25, -0.2) is 4.98 Å². The first-order valence-electron chi connectivity index (χ1n) is 8.84. The first-order valence-corrected chi connectivity index (χ1v) is 8.84. The van der Waals surface area contributed by atoms with Crippen molar-refractivity contribution in [2.45, 2.75) is 6.54 Å². The lowest BCUT2D eigenvalue weighted by Gasteiger charge is -2.26. The summed E-state index contributed by atoms with van der Waals surface area (Å²) in [6.45, 7) is 2.71. The summed E-state index contributed by atoms with van der Waals surface area (Å²) in [6, 6.07) is 7.57. The summed E-state index contributed by atoms with van der Waals surface area (Å²) in [7, 11) is 1.49. The number of carbonyl (C=O) groups is 1. The minimum absolute atomic E-state index is 0.115. The molecule has 10 heteroatoms. The van der Waals surface area contributed by atoms with Crippen molar-refractivity contribution in [3.8, 4) is 6.01 Å². The van der Waals surface area contributed by atoms with Crippen LogP contribution in [0.2, 0.25) is 0 Å². The highest BCUT2D eigenvalue weighted by atomic mass is 16.5. The summed E-state index contributed by atoms with van der Waals surface area (Å²) < 4.78 is 10.5. The Morgan fingerprint density at radius 3 is 2.71 bits per heavy atom. The Labute approximate surface area is 161 Å². The van der Waals surface area contributed by atoms with Gasteiger partial charge in [0.1, 0.15) is 5.69 Å². The third-order valence-electron chi connectivity index (χ3n) is 4.21. The number of aromatic nitrogens is 5. The van der Waals surface area contributed by atoms with E-state index in [1.54, 1.807) is 0 Å². The van der Waals surface area contributed by atoms with Gasteiger partial charge in [0.25, 0.3) is 5.91 Å². The zero-order valence-corrected chi connectivity index (χ0v) is 15.3. The fraction of sp³-hybridized carbons (Fsp3) is 0.333. The minimum Gasteiger partial charge on any atom is -0.467 e. The normalized spacial score (nSPS) is 14.1. The van der Waals surface area contributed by atoms with Crippen molar-refractivity contribution >= 4 is 22.9 Å². The van der Waals surface area contributed by atoms with E-state index in [0.29, 0.717) is 43.6 Å². The predicted molar refractivity (Wildman–Crippen MR) is 100 cm³/mol. The van der Waals surface area contributed by atoms with E-state index in [4.69, 9.17) is 9.47 Å². The van der Waals surface area contributed by atoms with E-state index >= 15 is 0 Å². The molecule has 1 saturated heterocycles. The molecule has 3 aromatic rings. The highest BCUT2D eigenvalue weighted by molar-refractivity contribution is 5.93. The number of anilines is 1. The van der Waals surface area contributed by atoms with Gasteiger partial charge in [-0.3, -0.25) is 9.78 Å². The first-order chi connectivity index (χ1) is 13.7. The van der Waals surface area contributed by atoms with Crippen molar-refractivity contribution < 1.29 is 14.3 Å². The van der Waals surface area contributed by atoms with Crippen molar-refractivity contribution in [3.05, 3.63) is 42.0 Å². The molecular weight excluding hydrogens is 362 g/mol. The van der Waals surface area contributed by atoms with E-state index < -0.39 is 0 Å². The number of nitrogens with one attached hydrogen (secondary N) is 1. The summed E-state index contributed by atoms with van der Waals surface area (Å²) in [5.41, 5.74) is 1.62. The second-order valence-electron chi connectivity index (χ2n) is 6.06. The molecule has 1 amide bonds. The number of para-hydroxylation sites is 2. The number of hydrogen-bond donors (Lipinski definition) is 1. The van der Waals surface area contributed by atoms with Crippen molar-refractivity contribution in [2.24, 2.45) is 0 Å². The Balaban J connectivity index is 1.49. The maximum atomic E-state index is 12.5. The van der Waals surface area contributed by atoms with Crippen LogP contribution in [0.1, 0.15) is 16.3 Å². The van der Waals surface area contributed by atoms with E-state index in [1.807, 2.05) is 29.2 Å². The van der Waals surface area contributed by atoms with Crippen molar-refractivity contribution in [1.82, 2.24) is 30.2 Å². The SMILES string of the molecule is COc1nc(CNC(=O)c2cnc3ccccc3n2)nc(N2CCOCC2)n1. The van der Waals surface area contributed by atoms with Crippen molar-refractivity contribution in [1.29, 1.82) is 0 Å². The van der Waals surface area contributed by atoms with Crippen LogP contribution in [0.5, 0.6) is 6.01 Å². The number of ether oxygens (including phenoxy) is 2. The van der Waals surface area contributed by atoms with Gasteiger partial charge in [0.05, 0.1) is 44.1 Å². The second-order valence-corrected chi connectivity index (χ2v) is 6.06. The van der Waals surface area contributed by atoms with E-state index in [2.05, 4.69) is 30.2 Å². The number of amides is 1. The number of benzene rings is 1. The van der Waals surface area contributed by atoms with Crippen LogP contribution in [0, 0.1) is 0 Å². The van der Waals surface area contributed by atoms with Gasteiger partial charge in [-0.1, -0.05) is 12.1 Å². The van der Waals surface area contributed by atoms with Gasteiger partial charge < -0.3 is 19.7 Å². The van der Waals surface area contributed by atoms with Crippen LogP contribution >= 0.6 is 0 Å². The summed E-state index contributed by atoms with van der Waals surface area (Å²) in [4.78, 5) is 36.0. The molecule has 0 spiro atoms. The highest BCUT2D eigenvalue weighted by Gasteiger charge is 2.17. The summed E-state index contributed by atoms with van der Waals surface area (Å²) in [5.74, 6) is 0.547. The third-order valence-corrected chi connectivity index (χ3v) is 4.21. The van der Waals surface area contributed by atoms with E-state index in [1.165, 1.54) is 13.3 Å². The highest BCUT2D eigenvalue weighted by Crippen LogP contribution is 2.14. The van der Waals surface area contributed by atoms with Gasteiger partial charge in [-0.2, -0.15) is 15.0 Å². The average Bonchev–Trinajstić information content (AvgIpc) is 2.77. The van der Waals surface area contributed by atoms with Crippen LogP contribution in [0.4, 0.5) is 5.95 Å². The summed E-state index contributed by atoms with van der Waals surface area (Å²) >= 11 is 0. The van der Waals surface area contributed by atoms with E-state index in [-0.39, 0.29) is 24.2 Å². The second kappa shape index (κ2) is 8.09. The van der Waals surface area contributed by atoms with Crippen molar-refractivity contribution in [3.63, 3.8) is 0 Å². The fourth-order valence-corrected chi connectivity index (χ4v) is 2.78. The molecule has 0 bridgehead atoms. The molecule has 2 aromatic heterocycles. The first kappa shape index (κ1) is 18.0. The van der Waals surface area contributed by atoms with Gasteiger partial charge in [-0.15, -0.1) is 0 Å². The predicted octanol–water partition coefficient (Wildman–Crippen LogP) is 0.590. The Bertz CT molecular complexity index is 992. The molecule has 1 fully saturated rings. The minimum atomic E-state index is -0.356. The van der Waals surface area contributed by atoms with Crippen molar-refractivity contribution in [2.75, 3.05) is 38.3 Å². The fourth-order valence-electron chi connectivity index (χ4n) is 2.78. The Hall–Kier alpha value is -3.40. The lowest BCUT2D eigenvalue weighted by molar-refractivity contribution is 0.0944. The van der Waals surface area contributed by atoms with Crippen LogP contribution in [-0.4, -0.2) is 64.2 Å². The Morgan fingerprint density at radius 1 is 1.14 bits per heavy atom. The van der Waals surface area contributed by atoms with Gasteiger partial charge >= 0.3 is 6.01 Å². The van der Waals surface area contributed by atoms with E-state index in [0.717, 1.165) is 5.52 Å². The number of rotatable bonds is 5. The molecular formula is C18H19N7O3. The van der Waals surface area contributed by atoms with Crippen LogP contribution in [0.15, 0.2) is 30.5 Å². The molecule has 0 unspecified atom stereocenters. The van der Waals surface area contributed by atoms with Gasteiger partial charge in [0.2, 0.25) is 5.95 Å². The monoisotopic (exact) mass is 381 g/mol. The Kier molecular flexibility index (Phi) is 5.20. The van der Waals surface area contributed by atoms with Gasteiger partial charge in [0.15, 0.2) is 5.82 Å². The lowest BCUT2D eigenvalue weighted by atomic mass is 10.3. The largest absolute Gasteiger partial charge is 0.467 e. The number of morpholine rings is 1. The van der Waals surface area contributed by atoms with Crippen LogP contribution in [-0.2, 0) is 11.3 Å². The number of fused-ring (bicyclic) bond motifs is 1. The number of carbonyl (C=O) groups excluding carboxylic acids is 1. The average molecular weight is 381 g/mol. The molecule has 0 aliphatic carbocycles. The molecule has 1 aliphatic heterocycles. The van der Waals surface area contributed by atoms with Crippen LogP contribution < -0.4 is 15.0 Å². The zero-order valence-electron chi connectivity index (χ0n) is 15.3. The molecule has 10 nitrogen and oxygen atoms in total. The number of hydrogen-bond acceptors (Lipinski definition) is 9.